The zero-order valence-electron chi connectivity index (χ0n) is 18.6. The molecule has 7 heteroatoms. The summed E-state index contributed by atoms with van der Waals surface area (Å²) in [6, 6.07) is 19.0. The van der Waals surface area contributed by atoms with Crippen LogP contribution in [0.25, 0.3) is 5.76 Å². The zero-order valence-corrected chi connectivity index (χ0v) is 18.6. The Hall–Kier alpha value is -4.26. The number of carbonyl (C=O) groups is 3. The van der Waals surface area contributed by atoms with Crippen molar-refractivity contribution in [3.63, 3.8) is 0 Å². The van der Waals surface area contributed by atoms with Crippen molar-refractivity contribution in [1.29, 1.82) is 0 Å². The van der Waals surface area contributed by atoms with Gasteiger partial charge in [0.2, 0.25) is 0 Å². The monoisotopic (exact) mass is 459 g/mol. The molecule has 0 aromatic heterocycles. The molecule has 1 heterocycles. The maximum absolute atomic E-state index is 13.4. The van der Waals surface area contributed by atoms with Crippen molar-refractivity contribution in [2.24, 2.45) is 0 Å². The van der Waals surface area contributed by atoms with Crippen LogP contribution in [-0.4, -0.2) is 28.9 Å². The molecule has 0 radical (unpaired) electrons. The van der Waals surface area contributed by atoms with Crippen molar-refractivity contribution in [3.05, 3.63) is 107 Å². The van der Waals surface area contributed by atoms with Gasteiger partial charge < -0.3 is 9.84 Å². The second-order valence-corrected chi connectivity index (χ2v) is 8.09. The fraction of sp³-hybridized carbons (Fsp3) is 0.148. The number of ether oxygens (including phenoxy) is 1. The van der Waals surface area contributed by atoms with Crippen molar-refractivity contribution in [3.8, 4) is 0 Å². The molecule has 1 aliphatic heterocycles. The Morgan fingerprint density at radius 2 is 1.50 bits per heavy atom. The highest BCUT2D eigenvalue weighted by molar-refractivity contribution is 6.51. The number of halogens is 1. The molecule has 0 bridgehead atoms. The zero-order chi connectivity index (χ0) is 24.4. The van der Waals surface area contributed by atoms with Crippen LogP contribution in [0.5, 0.6) is 0 Å². The quantitative estimate of drug-likeness (QED) is 0.251. The summed E-state index contributed by atoms with van der Waals surface area (Å²) in [5.41, 5.74) is 1.39. The molecule has 1 saturated heterocycles. The number of aliphatic hydroxyl groups excluding tert-OH is 1. The summed E-state index contributed by atoms with van der Waals surface area (Å²) in [7, 11) is 0. The van der Waals surface area contributed by atoms with Gasteiger partial charge in [0.25, 0.3) is 11.7 Å². The van der Waals surface area contributed by atoms with E-state index in [0.717, 1.165) is 12.1 Å². The molecule has 1 atom stereocenters. The predicted molar refractivity (Wildman–Crippen MR) is 125 cm³/mol. The van der Waals surface area contributed by atoms with Gasteiger partial charge in [0.15, 0.2) is 0 Å². The summed E-state index contributed by atoms with van der Waals surface area (Å²) >= 11 is 0. The van der Waals surface area contributed by atoms with Crippen LogP contribution >= 0.6 is 0 Å². The maximum Gasteiger partial charge on any atom is 0.338 e. The standard InChI is InChI=1S/C27H22FNO5/c1-16(2)34-27(33)19-10-14-21(15-11-19)29-23(17-6-4-3-5-7-17)22(25(31)26(29)32)24(30)18-8-12-20(28)13-9-18/h3-16,23,30H,1-2H3/b24-22+. The summed E-state index contributed by atoms with van der Waals surface area (Å²) in [6.45, 7) is 3.49. The SMILES string of the molecule is CC(C)OC(=O)c1ccc(N2C(=O)C(=O)/C(=C(/O)c3ccc(F)cc3)C2c2ccccc2)cc1. The molecule has 3 aromatic carbocycles. The lowest BCUT2D eigenvalue weighted by molar-refractivity contribution is -0.132. The first-order chi connectivity index (χ1) is 16.3. The first-order valence-electron chi connectivity index (χ1n) is 10.7. The molecule has 3 aromatic rings. The van der Waals surface area contributed by atoms with Gasteiger partial charge in [-0.3, -0.25) is 14.5 Å². The Labute approximate surface area is 195 Å². The predicted octanol–water partition coefficient (Wildman–Crippen LogP) is 5.02. The number of rotatable bonds is 5. The molecular weight excluding hydrogens is 437 g/mol. The van der Waals surface area contributed by atoms with E-state index in [4.69, 9.17) is 4.74 Å². The van der Waals surface area contributed by atoms with Crippen LogP contribution in [0.2, 0.25) is 0 Å². The van der Waals surface area contributed by atoms with Gasteiger partial charge in [-0.15, -0.1) is 0 Å². The lowest BCUT2D eigenvalue weighted by atomic mass is 9.95. The number of ketones is 1. The number of benzene rings is 3. The van der Waals surface area contributed by atoms with E-state index in [1.807, 2.05) is 0 Å². The van der Waals surface area contributed by atoms with Gasteiger partial charge in [0.1, 0.15) is 11.6 Å². The summed E-state index contributed by atoms with van der Waals surface area (Å²) in [5, 5.41) is 11.0. The first-order valence-corrected chi connectivity index (χ1v) is 10.7. The Bertz CT molecular complexity index is 1260. The summed E-state index contributed by atoms with van der Waals surface area (Å²) in [5.74, 6) is -3.08. The van der Waals surface area contributed by atoms with Crippen molar-refractivity contribution in [1.82, 2.24) is 0 Å². The molecule has 0 spiro atoms. The fourth-order valence-electron chi connectivity index (χ4n) is 3.85. The minimum atomic E-state index is -0.917. The molecular formula is C27H22FNO5. The van der Waals surface area contributed by atoms with Crippen LogP contribution in [0.15, 0.2) is 84.4 Å². The minimum Gasteiger partial charge on any atom is -0.507 e. The number of aliphatic hydroxyl groups is 1. The van der Waals surface area contributed by atoms with E-state index in [1.165, 1.54) is 29.2 Å². The summed E-state index contributed by atoms with van der Waals surface area (Å²) in [4.78, 5) is 39.7. The Balaban J connectivity index is 1.82. The normalized spacial score (nSPS) is 17.3. The van der Waals surface area contributed by atoms with Gasteiger partial charge in [-0.25, -0.2) is 9.18 Å². The fourth-order valence-corrected chi connectivity index (χ4v) is 3.85. The molecule has 0 aliphatic carbocycles. The molecule has 4 rings (SSSR count). The number of Topliss-reactive ketones (excluding diaryl/α,β-unsaturated/α-hetero) is 1. The molecule has 1 amide bonds. The third-order valence-corrected chi connectivity index (χ3v) is 5.40. The van der Waals surface area contributed by atoms with Crippen LogP contribution < -0.4 is 4.90 Å². The number of nitrogens with zero attached hydrogens (tertiary/aromatic N) is 1. The average molecular weight is 459 g/mol. The van der Waals surface area contributed by atoms with E-state index < -0.39 is 35.3 Å². The number of esters is 1. The van der Waals surface area contributed by atoms with E-state index in [2.05, 4.69) is 0 Å². The van der Waals surface area contributed by atoms with Gasteiger partial charge in [0, 0.05) is 11.3 Å². The van der Waals surface area contributed by atoms with Crippen LogP contribution in [0.1, 0.15) is 41.4 Å². The van der Waals surface area contributed by atoms with Gasteiger partial charge in [0.05, 0.1) is 23.3 Å². The largest absolute Gasteiger partial charge is 0.507 e. The number of hydrogen-bond donors (Lipinski definition) is 1. The second kappa shape index (κ2) is 9.31. The van der Waals surface area contributed by atoms with E-state index >= 15 is 0 Å². The molecule has 0 saturated carbocycles. The molecule has 6 nitrogen and oxygen atoms in total. The molecule has 1 aliphatic rings. The third kappa shape index (κ3) is 4.32. The van der Waals surface area contributed by atoms with Crippen molar-refractivity contribution in [2.75, 3.05) is 4.90 Å². The van der Waals surface area contributed by atoms with Crippen molar-refractivity contribution < 1.29 is 28.6 Å². The minimum absolute atomic E-state index is 0.105. The van der Waals surface area contributed by atoms with Crippen molar-refractivity contribution >= 4 is 29.1 Å². The average Bonchev–Trinajstić information content (AvgIpc) is 3.10. The van der Waals surface area contributed by atoms with Crippen LogP contribution in [-0.2, 0) is 14.3 Å². The molecule has 1 fully saturated rings. The van der Waals surface area contributed by atoms with E-state index in [1.54, 1.807) is 56.3 Å². The van der Waals surface area contributed by atoms with Crippen LogP contribution in [0.4, 0.5) is 10.1 Å². The second-order valence-electron chi connectivity index (χ2n) is 8.09. The topological polar surface area (TPSA) is 83.9 Å². The van der Waals surface area contributed by atoms with Gasteiger partial charge >= 0.3 is 5.97 Å². The van der Waals surface area contributed by atoms with Crippen LogP contribution in [0.3, 0.4) is 0 Å². The lowest BCUT2D eigenvalue weighted by Gasteiger charge is -2.25. The maximum atomic E-state index is 13.4. The van der Waals surface area contributed by atoms with Gasteiger partial charge in [-0.05, 0) is 67.9 Å². The molecule has 34 heavy (non-hydrogen) atoms. The molecule has 1 unspecified atom stereocenters. The number of carbonyl (C=O) groups excluding carboxylic acids is 3. The lowest BCUT2D eigenvalue weighted by Crippen LogP contribution is -2.29. The van der Waals surface area contributed by atoms with E-state index in [0.29, 0.717) is 16.8 Å². The Kier molecular flexibility index (Phi) is 6.27. The van der Waals surface area contributed by atoms with Crippen LogP contribution in [0, 0.1) is 5.82 Å². The highest BCUT2D eigenvalue weighted by Gasteiger charge is 2.46. The first kappa shape index (κ1) is 22.9. The highest BCUT2D eigenvalue weighted by atomic mass is 19.1. The summed E-state index contributed by atoms with van der Waals surface area (Å²) < 4.78 is 18.6. The van der Waals surface area contributed by atoms with E-state index in [9.17, 15) is 23.9 Å². The van der Waals surface area contributed by atoms with Gasteiger partial charge in [-0.2, -0.15) is 0 Å². The van der Waals surface area contributed by atoms with Crippen molar-refractivity contribution in [2.45, 2.75) is 26.0 Å². The molecule has 1 N–H and O–H groups in total. The Morgan fingerprint density at radius 1 is 0.912 bits per heavy atom. The Morgan fingerprint density at radius 3 is 2.09 bits per heavy atom. The third-order valence-electron chi connectivity index (χ3n) is 5.40. The highest BCUT2D eigenvalue weighted by Crippen LogP contribution is 2.42. The van der Waals surface area contributed by atoms with Gasteiger partial charge in [-0.1, -0.05) is 30.3 Å². The number of anilines is 1. The smallest absolute Gasteiger partial charge is 0.338 e. The molecule has 172 valence electrons. The van der Waals surface area contributed by atoms with E-state index in [-0.39, 0.29) is 17.2 Å². The summed E-state index contributed by atoms with van der Waals surface area (Å²) in [6.07, 6.45) is -0.283. The number of amides is 1. The number of hydrogen-bond acceptors (Lipinski definition) is 5.